The van der Waals surface area contributed by atoms with Crippen molar-refractivity contribution in [1.29, 1.82) is 0 Å². The summed E-state index contributed by atoms with van der Waals surface area (Å²) in [5, 5.41) is 0. The van der Waals surface area contributed by atoms with E-state index in [1.165, 1.54) is 4.31 Å². The number of aromatic nitrogens is 2. The fraction of sp³-hybridized carbons (Fsp3) is 0.188. The first-order valence-corrected chi connectivity index (χ1v) is 8.47. The summed E-state index contributed by atoms with van der Waals surface area (Å²) in [5.74, 6) is 0. The second kappa shape index (κ2) is 5.46. The smallest absolute Gasteiger partial charge is 0.264 e. The highest BCUT2D eigenvalue weighted by Gasteiger charge is 2.21. The van der Waals surface area contributed by atoms with Crippen molar-refractivity contribution < 1.29 is 8.42 Å². The van der Waals surface area contributed by atoms with Crippen LogP contribution in [0.5, 0.6) is 0 Å². The summed E-state index contributed by atoms with van der Waals surface area (Å²) in [7, 11) is -2.01. The van der Waals surface area contributed by atoms with Gasteiger partial charge in [0.1, 0.15) is 0 Å². The van der Waals surface area contributed by atoms with Crippen molar-refractivity contribution >= 4 is 26.7 Å². The van der Waals surface area contributed by atoms with Crippen LogP contribution in [-0.2, 0) is 16.4 Å². The minimum Gasteiger partial charge on any atom is -0.345 e. The average molecular weight is 315 g/mol. The number of aryl methyl sites for hydroxylation is 1. The zero-order chi connectivity index (χ0) is 15.7. The van der Waals surface area contributed by atoms with Gasteiger partial charge in [-0.15, -0.1) is 0 Å². The molecule has 1 N–H and O–H groups in total. The Morgan fingerprint density at radius 2 is 1.86 bits per heavy atom. The van der Waals surface area contributed by atoms with E-state index in [9.17, 15) is 8.42 Å². The molecule has 5 nitrogen and oxygen atoms in total. The minimum atomic E-state index is -3.57. The number of fused-ring (bicyclic) bond motifs is 1. The number of hydrogen-bond donors (Lipinski definition) is 1. The number of imidazole rings is 1. The second-order valence-electron chi connectivity index (χ2n) is 5.07. The van der Waals surface area contributed by atoms with Gasteiger partial charge in [0.25, 0.3) is 10.0 Å². The third-order valence-electron chi connectivity index (χ3n) is 3.76. The van der Waals surface area contributed by atoms with Gasteiger partial charge in [0.05, 0.1) is 27.9 Å². The normalized spacial score (nSPS) is 11.7. The molecule has 1 heterocycles. The lowest BCUT2D eigenvalue weighted by Crippen LogP contribution is -2.26. The highest BCUT2D eigenvalue weighted by atomic mass is 32.2. The summed E-state index contributed by atoms with van der Waals surface area (Å²) in [6.07, 6.45) is 2.47. The molecule has 0 unspecified atom stereocenters. The molecule has 0 bridgehead atoms. The average Bonchev–Trinajstić information content (AvgIpc) is 3.01. The Morgan fingerprint density at radius 3 is 2.55 bits per heavy atom. The highest BCUT2D eigenvalue weighted by Crippen LogP contribution is 2.24. The van der Waals surface area contributed by atoms with Crippen LogP contribution >= 0.6 is 0 Å². The molecule has 3 aromatic rings. The molecule has 3 rings (SSSR count). The van der Waals surface area contributed by atoms with Crippen LogP contribution in [0.4, 0.5) is 5.69 Å². The molecule has 0 atom stereocenters. The minimum absolute atomic E-state index is 0.289. The summed E-state index contributed by atoms with van der Waals surface area (Å²) in [5.41, 5.74) is 3.32. The van der Waals surface area contributed by atoms with Crippen molar-refractivity contribution in [3.63, 3.8) is 0 Å². The van der Waals surface area contributed by atoms with E-state index in [1.54, 1.807) is 43.7 Å². The van der Waals surface area contributed by atoms with Gasteiger partial charge in [-0.05, 0) is 42.3 Å². The predicted octanol–water partition coefficient (Wildman–Crippen LogP) is 2.95. The summed E-state index contributed by atoms with van der Waals surface area (Å²) in [6, 6.07) is 12.3. The molecule has 114 valence electrons. The zero-order valence-electron chi connectivity index (χ0n) is 12.4. The third-order valence-corrected chi connectivity index (χ3v) is 5.56. The van der Waals surface area contributed by atoms with Crippen LogP contribution in [-0.4, -0.2) is 25.4 Å². The van der Waals surface area contributed by atoms with Gasteiger partial charge in [0, 0.05) is 7.05 Å². The van der Waals surface area contributed by atoms with Crippen LogP contribution in [0.1, 0.15) is 12.5 Å². The van der Waals surface area contributed by atoms with E-state index >= 15 is 0 Å². The van der Waals surface area contributed by atoms with E-state index in [0.717, 1.165) is 23.0 Å². The SMILES string of the molecule is CCc1ccc(S(=O)(=O)N(C)c2ccc3nc[nH]c3c2)cc1. The molecule has 0 aliphatic rings. The molecular formula is C16H17N3O2S. The van der Waals surface area contributed by atoms with Crippen LogP contribution < -0.4 is 4.31 Å². The molecule has 0 aliphatic heterocycles. The van der Waals surface area contributed by atoms with Gasteiger partial charge in [0.2, 0.25) is 0 Å². The van der Waals surface area contributed by atoms with Crippen molar-refractivity contribution in [2.24, 2.45) is 0 Å². The van der Waals surface area contributed by atoms with Crippen LogP contribution in [0.15, 0.2) is 53.7 Å². The van der Waals surface area contributed by atoms with Gasteiger partial charge in [-0.25, -0.2) is 13.4 Å². The number of aromatic amines is 1. The van der Waals surface area contributed by atoms with Crippen LogP contribution in [0.2, 0.25) is 0 Å². The molecule has 0 saturated heterocycles. The van der Waals surface area contributed by atoms with Crippen molar-refractivity contribution in [2.75, 3.05) is 11.4 Å². The molecule has 0 fully saturated rings. The van der Waals surface area contributed by atoms with Gasteiger partial charge in [-0.1, -0.05) is 19.1 Å². The largest absolute Gasteiger partial charge is 0.345 e. The summed E-state index contributed by atoms with van der Waals surface area (Å²) in [4.78, 5) is 7.41. The molecule has 0 amide bonds. The summed E-state index contributed by atoms with van der Waals surface area (Å²) < 4.78 is 26.7. The predicted molar refractivity (Wildman–Crippen MR) is 87.5 cm³/mol. The van der Waals surface area contributed by atoms with Gasteiger partial charge >= 0.3 is 0 Å². The standard InChI is InChI=1S/C16H17N3O2S/c1-3-12-4-7-14(8-5-12)22(20,21)19(2)13-6-9-15-16(10-13)18-11-17-15/h4-11H,3H2,1-2H3,(H,17,18). The summed E-state index contributed by atoms with van der Waals surface area (Å²) >= 11 is 0. The second-order valence-corrected chi connectivity index (χ2v) is 7.04. The number of anilines is 1. The van der Waals surface area contributed by atoms with Crippen molar-refractivity contribution in [3.8, 4) is 0 Å². The van der Waals surface area contributed by atoms with Crippen molar-refractivity contribution in [3.05, 3.63) is 54.4 Å². The fourth-order valence-electron chi connectivity index (χ4n) is 2.31. The number of benzene rings is 2. The number of nitrogens with zero attached hydrogens (tertiary/aromatic N) is 2. The number of H-pyrrole nitrogens is 1. The lowest BCUT2D eigenvalue weighted by atomic mass is 10.2. The molecule has 0 spiro atoms. The van der Waals surface area contributed by atoms with E-state index < -0.39 is 10.0 Å². The van der Waals surface area contributed by atoms with Crippen LogP contribution in [0.25, 0.3) is 11.0 Å². The van der Waals surface area contributed by atoms with Crippen molar-refractivity contribution in [2.45, 2.75) is 18.2 Å². The molecule has 0 radical (unpaired) electrons. The van der Waals surface area contributed by atoms with Gasteiger partial charge in [0.15, 0.2) is 0 Å². The monoisotopic (exact) mass is 315 g/mol. The first-order valence-electron chi connectivity index (χ1n) is 7.03. The lowest BCUT2D eigenvalue weighted by molar-refractivity contribution is 0.594. The Kier molecular flexibility index (Phi) is 3.62. The number of nitrogens with one attached hydrogen (secondary N) is 1. The lowest BCUT2D eigenvalue weighted by Gasteiger charge is -2.19. The summed E-state index contributed by atoms with van der Waals surface area (Å²) in [6.45, 7) is 2.04. The first kappa shape index (κ1) is 14.6. The molecular weight excluding hydrogens is 298 g/mol. The zero-order valence-corrected chi connectivity index (χ0v) is 13.3. The molecule has 2 aromatic carbocycles. The van der Waals surface area contributed by atoms with Gasteiger partial charge in [-0.2, -0.15) is 0 Å². The third kappa shape index (κ3) is 2.46. The Hall–Kier alpha value is -2.34. The van der Waals surface area contributed by atoms with E-state index in [-0.39, 0.29) is 4.90 Å². The maximum atomic E-state index is 12.7. The first-order chi connectivity index (χ1) is 10.5. The Bertz CT molecular complexity index is 899. The molecule has 1 aromatic heterocycles. The number of hydrogen-bond acceptors (Lipinski definition) is 3. The maximum Gasteiger partial charge on any atom is 0.264 e. The van der Waals surface area contributed by atoms with E-state index in [1.807, 2.05) is 19.1 Å². The van der Waals surface area contributed by atoms with Crippen LogP contribution in [0, 0.1) is 0 Å². The van der Waals surface area contributed by atoms with Crippen molar-refractivity contribution in [1.82, 2.24) is 9.97 Å². The molecule has 22 heavy (non-hydrogen) atoms. The molecule has 0 saturated carbocycles. The van der Waals surface area contributed by atoms with Gasteiger partial charge in [-0.3, -0.25) is 4.31 Å². The fourth-order valence-corrected chi connectivity index (χ4v) is 3.50. The topological polar surface area (TPSA) is 66.1 Å². The Morgan fingerprint density at radius 1 is 1.14 bits per heavy atom. The molecule has 6 heteroatoms. The number of sulfonamides is 1. The van der Waals surface area contributed by atoms with E-state index in [4.69, 9.17) is 0 Å². The Labute approximate surface area is 129 Å². The van der Waals surface area contributed by atoms with Gasteiger partial charge < -0.3 is 4.98 Å². The molecule has 0 aliphatic carbocycles. The number of rotatable bonds is 4. The highest BCUT2D eigenvalue weighted by molar-refractivity contribution is 7.92. The van der Waals surface area contributed by atoms with E-state index in [0.29, 0.717) is 5.69 Å². The quantitative estimate of drug-likeness (QED) is 0.805. The van der Waals surface area contributed by atoms with E-state index in [2.05, 4.69) is 9.97 Å². The Balaban J connectivity index is 1.99. The maximum absolute atomic E-state index is 12.7. The van der Waals surface area contributed by atoms with Crippen LogP contribution in [0.3, 0.4) is 0 Å².